The van der Waals surface area contributed by atoms with Crippen LogP contribution < -0.4 is 15.2 Å². The molecule has 0 radical (unpaired) electrons. The van der Waals surface area contributed by atoms with Gasteiger partial charge < -0.3 is 15.4 Å². The van der Waals surface area contributed by atoms with E-state index in [2.05, 4.69) is 45.8 Å². The predicted octanol–water partition coefficient (Wildman–Crippen LogP) is 3.43. The highest BCUT2D eigenvalue weighted by Crippen LogP contribution is 2.33. The molecule has 1 aliphatic heterocycles. The summed E-state index contributed by atoms with van der Waals surface area (Å²) < 4.78 is 34.4. The van der Waals surface area contributed by atoms with Crippen molar-refractivity contribution in [2.24, 2.45) is 0 Å². The number of benzene rings is 1. The molecule has 3 heterocycles. The summed E-state index contributed by atoms with van der Waals surface area (Å²) in [6.45, 7) is 5.79. The number of ether oxygens (including phenoxy) is 1. The minimum Gasteiger partial charge on any atom is -0.433 e. The predicted molar refractivity (Wildman–Crippen MR) is 143 cm³/mol. The molecule has 1 aromatic carbocycles. The van der Waals surface area contributed by atoms with Gasteiger partial charge in [-0.15, -0.1) is 0 Å². The Morgan fingerprint density at radius 2 is 1.97 bits per heavy atom. The lowest BCUT2D eigenvalue weighted by atomic mass is 9.92. The molecule has 1 aliphatic carbocycles. The Kier molecular flexibility index (Phi) is 7.19. The summed E-state index contributed by atoms with van der Waals surface area (Å²) in [5.74, 6) is 1.11. The van der Waals surface area contributed by atoms with Crippen LogP contribution in [0.1, 0.15) is 55.3 Å². The highest BCUT2D eigenvalue weighted by molar-refractivity contribution is 7.89. The maximum absolute atomic E-state index is 11.9. The summed E-state index contributed by atoms with van der Waals surface area (Å²) in [6.07, 6.45) is 9.45. The monoisotopic (exact) mass is 525 g/mol. The number of nitrogens with two attached hydrogens (primary N) is 1. The summed E-state index contributed by atoms with van der Waals surface area (Å²) in [5, 5.41) is 4.49. The van der Waals surface area contributed by atoms with E-state index in [1.807, 2.05) is 10.9 Å². The van der Waals surface area contributed by atoms with Gasteiger partial charge in [-0.3, -0.25) is 4.68 Å². The van der Waals surface area contributed by atoms with Gasteiger partial charge in [-0.25, -0.2) is 23.1 Å². The van der Waals surface area contributed by atoms with Crippen LogP contribution in [0.25, 0.3) is 11.3 Å². The highest BCUT2D eigenvalue weighted by Gasteiger charge is 2.26. The number of hydrogen-bond acceptors (Lipinski definition) is 8. The molecular weight excluding hydrogens is 490 g/mol. The number of sulfonamides is 1. The first kappa shape index (κ1) is 25.6. The molecule has 37 heavy (non-hydrogen) atoms. The van der Waals surface area contributed by atoms with E-state index in [-0.39, 0.29) is 29.5 Å². The normalized spacial score (nSPS) is 20.5. The standard InChI is InChI=1S/C26H35N7O3S/c1-4-37(34,35)31-20-5-7-21(8-6-20)33-16-22(13-29-33)36-26-25(27)28-14-24(30-26)18-11-17(2)23-9-10-32(3)15-19(23)12-18/h11-14,16,20-21,31H,4-10,15H2,1-3H3,(H2,27,28). The molecule has 0 bridgehead atoms. The molecule has 3 N–H and O–H groups in total. The number of nitrogens with zero attached hydrogens (tertiary/aromatic N) is 5. The number of nitrogens with one attached hydrogen (secondary N) is 1. The summed E-state index contributed by atoms with van der Waals surface area (Å²) in [7, 11) is -1.05. The molecule has 3 aromatic rings. The minimum absolute atomic E-state index is 0.0158. The Bertz CT molecular complexity index is 1380. The molecule has 11 heteroatoms. The van der Waals surface area contributed by atoms with Crippen molar-refractivity contribution in [3.05, 3.63) is 47.4 Å². The van der Waals surface area contributed by atoms with E-state index in [4.69, 9.17) is 15.5 Å². The van der Waals surface area contributed by atoms with E-state index >= 15 is 0 Å². The Morgan fingerprint density at radius 3 is 2.73 bits per heavy atom. The molecule has 5 rings (SSSR count). The number of fused-ring (bicyclic) bond motifs is 1. The largest absolute Gasteiger partial charge is 0.433 e. The highest BCUT2D eigenvalue weighted by atomic mass is 32.2. The maximum atomic E-state index is 11.9. The van der Waals surface area contributed by atoms with Gasteiger partial charge in [0.15, 0.2) is 11.6 Å². The Morgan fingerprint density at radius 1 is 1.19 bits per heavy atom. The number of rotatable bonds is 7. The third-order valence-corrected chi connectivity index (χ3v) is 8.85. The number of nitrogen functional groups attached to an aromatic ring is 1. The van der Waals surface area contributed by atoms with E-state index in [0.29, 0.717) is 11.4 Å². The Balaban J connectivity index is 1.28. The average Bonchev–Trinajstić information content (AvgIpc) is 3.34. The van der Waals surface area contributed by atoms with Crippen LogP contribution in [0.15, 0.2) is 30.7 Å². The molecule has 1 saturated carbocycles. The number of likely N-dealkylation sites (N-methyl/N-ethyl adjacent to an activating group) is 1. The lowest BCUT2D eigenvalue weighted by molar-refractivity contribution is 0.293. The number of aromatic nitrogens is 4. The minimum atomic E-state index is -3.19. The second-order valence-electron chi connectivity index (χ2n) is 10.1. The van der Waals surface area contributed by atoms with Crippen LogP contribution in [0.2, 0.25) is 0 Å². The van der Waals surface area contributed by atoms with Crippen LogP contribution in [0.4, 0.5) is 5.82 Å². The molecule has 0 saturated heterocycles. The Labute approximate surface area is 218 Å². The van der Waals surface area contributed by atoms with Crippen molar-refractivity contribution in [2.45, 2.75) is 64.6 Å². The summed E-state index contributed by atoms with van der Waals surface area (Å²) in [6, 6.07) is 4.52. The van der Waals surface area contributed by atoms with Crippen molar-refractivity contribution in [3.8, 4) is 22.9 Å². The first-order valence-electron chi connectivity index (χ1n) is 12.9. The van der Waals surface area contributed by atoms with E-state index in [9.17, 15) is 8.42 Å². The lowest BCUT2D eigenvalue weighted by Crippen LogP contribution is -2.38. The van der Waals surface area contributed by atoms with Gasteiger partial charge in [0, 0.05) is 24.7 Å². The molecule has 10 nitrogen and oxygen atoms in total. The molecule has 0 unspecified atom stereocenters. The number of hydrogen-bond donors (Lipinski definition) is 2. The van der Waals surface area contributed by atoms with Crippen molar-refractivity contribution < 1.29 is 13.2 Å². The quantitative estimate of drug-likeness (QED) is 0.480. The van der Waals surface area contributed by atoms with Gasteiger partial charge in [-0.05, 0) is 81.8 Å². The van der Waals surface area contributed by atoms with E-state index < -0.39 is 10.0 Å². The zero-order valence-electron chi connectivity index (χ0n) is 21.6. The molecule has 0 spiro atoms. The van der Waals surface area contributed by atoms with Crippen LogP contribution in [-0.2, 0) is 23.0 Å². The van der Waals surface area contributed by atoms with Gasteiger partial charge >= 0.3 is 0 Å². The van der Waals surface area contributed by atoms with Gasteiger partial charge in [0.05, 0.1) is 36.1 Å². The molecule has 0 amide bonds. The van der Waals surface area contributed by atoms with Crippen molar-refractivity contribution in [1.29, 1.82) is 0 Å². The third kappa shape index (κ3) is 5.78. The fourth-order valence-electron chi connectivity index (χ4n) is 5.29. The SMILES string of the molecule is CCS(=O)(=O)NC1CCC(n2cc(Oc3nc(-c4cc(C)c5c(c4)CN(C)CC5)cnc3N)cn2)CC1. The summed E-state index contributed by atoms with van der Waals surface area (Å²) >= 11 is 0. The Hall–Kier alpha value is -3.02. The van der Waals surface area contributed by atoms with E-state index in [0.717, 1.165) is 50.8 Å². The lowest BCUT2D eigenvalue weighted by Gasteiger charge is -2.28. The molecular formula is C26H35N7O3S. The van der Waals surface area contributed by atoms with Gasteiger partial charge in [0.1, 0.15) is 0 Å². The van der Waals surface area contributed by atoms with Crippen LogP contribution in [0.5, 0.6) is 11.6 Å². The average molecular weight is 526 g/mol. The first-order chi connectivity index (χ1) is 17.7. The maximum Gasteiger partial charge on any atom is 0.263 e. The molecule has 1 fully saturated rings. The fourth-order valence-corrected chi connectivity index (χ4v) is 6.20. The van der Waals surface area contributed by atoms with E-state index in [1.54, 1.807) is 19.3 Å². The zero-order chi connectivity index (χ0) is 26.2. The van der Waals surface area contributed by atoms with Gasteiger partial charge in [-0.1, -0.05) is 0 Å². The van der Waals surface area contributed by atoms with Crippen LogP contribution in [0, 0.1) is 6.92 Å². The summed E-state index contributed by atoms with van der Waals surface area (Å²) in [5.41, 5.74) is 11.8. The second-order valence-corrected chi connectivity index (χ2v) is 12.2. The summed E-state index contributed by atoms with van der Waals surface area (Å²) in [4.78, 5) is 11.4. The van der Waals surface area contributed by atoms with Crippen LogP contribution >= 0.6 is 0 Å². The van der Waals surface area contributed by atoms with Crippen molar-refractivity contribution in [3.63, 3.8) is 0 Å². The van der Waals surface area contributed by atoms with Crippen molar-refractivity contribution in [1.82, 2.24) is 29.4 Å². The van der Waals surface area contributed by atoms with Crippen LogP contribution in [-0.4, -0.2) is 58.5 Å². The molecule has 2 aromatic heterocycles. The smallest absolute Gasteiger partial charge is 0.263 e. The van der Waals surface area contributed by atoms with Gasteiger partial charge in [-0.2, -0.15) is 5.10 Å². The number of aryl methyl sites for hydroxylation is 1. The first-order valence-corrected chi connectivity index (χ1v) is 14.5. The topological polar surface area (TPSA) is 128 Å². The van der Waals surface area contributed by atoms with E-state index in [1.165, 1.54) is 16.7 Å². The van der Waals surface area contributed by atoms with Gasteiger partial charge in [0.2, 0.25) is 10.0 Å². The third-order valence-electron chi connectivity index (χ3n) is 7.40. The zero-order valence-corrected chi connectivity index (χ0v) is 22.5. The molecule has 0 atom stereocenters. The molecule has 2 aliphatic rings. The van der Waals surface area contributed by atoms with Crippen LogP contribution in [0.3, 0.4) is 0 Å². The van der Waals surface area contributed by atoms with Crippen molar-refractivity contribution in [2.75, 3.05) is 25.1 Å². The van der Waals surface area contributed by atoms with Gasteiger partial charge in [0.25, 0.3) is 5.88 Å². The fraction of sp³-hybridized carbons (Fsp3) is 0.500. The number of anilines is 1. The molecule has 198 valence electrons. The second kappa shape index (κ2) is 10.4. The van der Waals surface area contributed by atoms with Crippen molar-refractivity contribution >= 4 is 15.8 Å².